The molecule has 1 aromatic rings. The smallest absolute Gasteiger partial charge is 0.488 e. The maximum atomic E-state index is 9.05. The predicted octanol–water partition coefficient (Wildman–Crippen LogP) is -0.563. The van der Waals surface area contributed by atoms with Crippen LogP contribution in [0.3, 0.4) is 0 Å². The van der Waals surface area contributed by atoms with Crippen LogP contribution in [0.15, 0.2) is 18.2 Å². The molecule has 2 N–H and O–H groups in total. The third-order valence-corrected chi connectivity index (χ3v) is 2.09. The first-order chi connectivity index (χ1) is 7.04. The summed E-state index contributed by atoms with van der Waals surface area (Å²) in [4.78, 5) is 1.99. The fourth-order valence-corrected chi connectivity index (χ4v) is 1.42. The number of methoxy groups -OCH3 is 1. The Labute approximate surface area is 90.2 Å². The van der Waals surface area contributed by atoms with E-state index in [1.807, 2.05) is 19.0 Å². The zero-order valence-corrected chi connectivity index (χ0v) is 9.27. The highest BCUT2D eigenvalue weighted by Crippen LogP contribution is 2.17. The SMILES string of the molecule is COc1ccc(B(O)O)cc1CN(C)C. The molecule has 0 amide bonds. The van der Waals surface area contributed by atoms with Crippen LogP contribution in [0, 0.1) is 0 Å². The van der Waals surface area contributed by atoms with Gasteiger partial charge < -0.3 is 19.7 Å². The largest absolute Gasteiger partial charge is 0.496 e. The molecule has 0 unspecified atom stereocenters. The van der Waals surface area contributed by atoms with E-state index in [0.717, 1.165) is 11.3 Å². The molecule has 1 aromatic carbocycles. The molecule has 0 heterocycles. The van der Waals surface area contributed by atoms with Crippen molar-refractivity contribution in [2.75, 3.05) is 21.2 Å². The Hall–Kier alpha value is -1.04. The second-order valence-electron chi connectivity index (χ2n) is 3.68. The second kappa shape index (κ2) is 5.16. The first-order valence-electron chi connectivity index (χ1n) is 4.72. The van der Waals surface area contributed by atoms with Crippen LogP contribution in [0.4, 0.5) is 0 Å². The van der Waals surface area contributed by atoms with Crippen molar-refractivity contribution in [1.82, 2.24) is 4.90 Å². The molecule has 0 bridgehead atoms. The summed E-state index contributed by atoms with van der Waals surface area (Å²) in [5, 5.41) is 18.1. The van der Waals surface area contributed by atoms with Crippen molar-refractivity contribution in [1.29, 1.82) is 0 Å². The van der Waals surface area contributed by atoms with Gasteiger partial charge in [-0.15, -0.1) is 0 Å². The lowest BCUT2D eigenvalue weighted by Crippen LogP contribution is -2.30. The molecule has 0 radical (unpaired) electrons. The van der Waals surface area contributed by atoms with E-state index in [0.29, 0.717) is 12.0 Å². The quantitative estimate of drug-likeness (QED) is 0.652. The molecular formula is C10H16BNO3. The molecule has 0 saturated heterocycles. The van der Waals surface area contributed by atoms with Gasteiger partial charge in [-0.1, -0.05) is 12.1 Å². The number of ether oxygens (including phenoxy) is 1. The molecule has 5 heteroatoms. The molecule has 0 fully saturated rings. The van der Waals surface area contributed by atoms with Gasteiger partial charge >= 0.3 is 7.12 Å². The van der Waals surface area contributed by atoms with Gasteiger partial charge in [0.1, 0.15) is 5.75 Å². The lowest BCUT2D eigenvalue weighted by molar-refractivity contribution is 0.371. The van der Waals surface area contributed by atoms with Crippen molar-refractivity contribution in [2.24, 2.45) is 0 Å². The van der Waals surface area contributed by atoms with Crippen LogP contribution in [0.25, 0.3) is 0 Å². The van der Waals surface area contributed by atoms with Gasteiger partial charge in [-0.2, -0.15) is 0 Å². The van der Waals surface area contributed by atoms with Crippen molar-refractivity contribution in [3.05, 3.63) is 23.8 Å². The molecule has 0 aliphatic carbocycles. The van der Waals surface area contributed by atoms with Crippen LogP contribution in [0.5, 0.6) is 5.75 Å². The summed E-state index contributed by atoms with van der Waals surface area (Å²) in [7, 11) is 4.06. The average molecular weight is 209 g/mol. The first kappa shape index (κ1) is 12.0. The summed E-state index contributed by atoms with van der Waals surface area (Å²) >= 11 is 0. The zero-order valence-electron chi connectivity index (χ0n) is 9.27. The minimum absolute atomic E-state index is 0.479. The Morgan fingerprint density at radius 1 is 1.33 bits per heavy atom. The molecule has 0 spiro atoms. The second-order valence-corrected chi connectivity index (χ2v) is 3.68. The topological polar surface area (TPSA) is 52.9 Å². The summed E-state index contributed by atoms with van der Waals surface area (Å²) in [6.07, 6.45) is 0. The number of rotatable bonds is 4. The summed E-state index contributed by atoms with van der Waals surface area (Å²) in [6, 6.07) is 5.12. The maximum absolute atomic E-state index is 9.05. The molecule has 0 saturated carbocycles. The van der Waals surface area contributed by atoms with E-state index < -0.39 is 7.12 Å². The van der Waals surface area contributed by atoms with Gasteiger partial charge in [-0.05, 0) is 25.6 Å². The van der Waals surface area contributed by atoms with Crippen molar-refractivity contribution in [3.8, 4) is 5.75 Å². The fraction of sp³-hybridized carbons (Fsp3) is 0.400. The standard InChI is InChI=1S/C10H16BNO3/c1-12(2)7-8-6-9(11(13)14)4-5-10(8)15-3/h4-6,13-14H,7H2,1-3H3. The van der Waals surface area contributed by atoms with Crippen molar-refractivity contribution < 1.29 is 14.8 Å². The van der Waals surface area contributed by atoms with Gasteiger partial charge in [0.25, 0.3) is 0 Å². The highest BCUT2D eigenvalue weighted by atomic mass is 16.5. The van der Waals surface area contributed by atoms with Crippen LogP contribution in [0.2, 0.25) is 0 Å². The molecule has 4 nitrogen and oxygen atoms in total. The molecule has 0 aromatic heterocycles. The van der Waals surface area contributed by atoms with Gasteiger partial charge in [0, 0.05) is 12.1 Å². The van der Waals surface area contributed by atoms with Crippen LogP contribution >= 0.6 is 0 Å². The highest BCUT2D eigenvalue weighted by Gasteiger charge is 2.13. The zero-order chi connectivity index (χ0) is 11.4. The summed E-state index contributed by atoms with van der Waals surface area (Å²) in [5.74, 6) is 0.758. The maximum Gasteiger partial charge on any atom is 0.488 e. The first-order valence-corrected chi connectivity index (χ1v) is 4.72. The Kier molecular flexibility index (Phi) is 4.14. The summed E-state index contributed by atoms with van der Waals surface area (Å²) < 4.78 is 5.19. The van der Waals surface area contributed by atoms with E-state index in [4.69, 9.17) is 14.8 Å². The van der Waals surface area contributed by atoms with Crippen molar-refractivity contribution in [3.63, 3.8) is 0 Å². The average Bonchev–Trinajstić information content (AvgIpc) is 2.16. The van der Waals surface area contributed by atoms with E-state index in [9.17, 15) is 0 Å². The van der Waals surface area contributed by atoms with Crippen molar-refractivity contribution in [2.45, 2.75) is 6.54 Å². The highest BCUT2D eigenvalue weighted by molar-refractivity contribution is 6.58. The van der Waals surface area contributed by atoms with Crippen LogP contribution in [-0.4, -0.2) is 43.3 Å². The molecule has 0 aliphatic rings. The normalized spacial score (nSPS) is 10.5. The Bertz CT molecular complexity index is 328. The van der Waals surface area contributed by atoms with Crippen LogP contribution in [-0.2, 0) is 6.54 Å². The summed E-state index contributed by atoms with van der Waals surface area (Å²) in [5.41, 5.74) is 1.42. The van der Waals surface area contributed by atoms with E-state index in [1.165, 1.54) is 0 Å². The number of benzene rings is 1. The monoisotopic (exact) mass is 209 g/mol. The third-order valence-electron chi connectivity index (χ3n) is 2.09. The number of nitrogens with zero attached hydrogens (tertiary/aromatic N) is 1. The van der Waals surface area contributed by atoms with Crippen molar-refractivity contribution >= 4 is 12.6 Å². The lowest BCUT2D eigenvalue weighted by atomic mass is 9.79. The van der Waals surface area contributed by atoms with E-state index in [-0.39, 0.29) is 0 Å². The third kappa shape index (κ3) is 3.23. The number of hydrogen-bond donors (Lipinski definition) is 2. The van der Waals surface area contributed by atoms with Gasteiger partial charge in [0.05, 0.1) is 7.11 Å². The van der Waals surface area contributed by atoms with Gasteiger partial charge in [0.2, 0.25) is 0 Å². The van der Waals surface area contributed by atoms with Crippen LogP contribution < -0.4 is 10.2 Å². The van der Waals surface area contributed by atoms with E-state index in [1.54, 1.807) is 25.3 Å². The van der Waals surface area contributed by atoms with Gasteiger partial charge in [-0.3, -0.25) is 0 Å². The lowest BCUT2D eigenvalue weighted by Gasteiger charge is -2.14. The summed E-state index contributed by atoms with van der Waals surface area (Å²) in [6.45, 7) is 0.698. The molecule has 15 heavy (non-hydrogen) atoms. The minimum atomic E-state index is -1.43. The minimum Gasteiger partial charge on any atom is -0.496 e. The Morgan fingerprint density at radius 2 is 2.00 bits per heavy atom. The number of hydrogen-bond acceptors (Lipinski definition) is 4. The van der Waals surface area contributed by atoms with Gasteiger partial charge in [0.15, 0.2) is 0 Å². The molecule has 1 rings (SSSR count). The van der Waals surface area contributed by atoms with Gasteiger partial charge in [-0.25, -0.2) is 0 Å². The van der Waals surface area contributed by atoms with E-state index >= 15 is 0 Å². The predicted molar refractivity (Wildman–Crippen MR) is 60.2 cm³/mol. The van der Waals surface area contributed by atoms with E-state index in [2.05, 4.69) is 0 Å². The molecule has 0 aliphatic heterocycles. The fourth-order valence-electron chi connectivity index (χ4n) is 1.42. The van der Waals surface area contributed by atoms with Crippen LogP contribution in [0.1, 0.15) is 5.56 Å². The Balaban J connectivity index is 3.02. The molecular weight excluding hydrogens is 193 g/mol. The molecule has 82 valence electrons. The molecule has 0 atom stereocenters. The Morgan fingerprint density at radius 3 is 2.47 bits per heavy atom.